The van der Waals surface area contributed by atoms with E-state index in [1.807, 2.05) is 0 Å². The van der Waals surface area contributed by atoms with E-state index >= 15 is 0 Å². The first kappa shape index (κ1) is 20.9. The second-order valence-electron chi connectivity index (χ2n) is 7.84. The molecule has 2 aliphatic heterocycles. The lowest BCUT2D eigenvalue weighted by atomic mass is 9.74. The third-order valence-corrected chi connectivity index (χ3v) is 6.04. The molecule has 2 heterocycles. The molecule has 2 aliphatic rings. The van der Waals surface area contributed by atoms with Crippen LogP contribution < -0.4 is 10.6 Å². The molecule has 0 spiro atoms. The molecular formula is C22H20F3N3O3. The van der Waals surface area contributed by atoms with Crippen LogP contribution in [0.2, 0.25) is 0 Å². The summed E-state index contributed by atoms with van der Waals surface area (Å²) in [5.41, 5.74) is -1.27. The van der Waals surface area contributed by atoms with Crippen molar-refractivity contribution in [3.8, 4) is 0 Å². The molecule has 162 valence electrons. The van der Waals surface area contributed by atoms with E-state index in [4.69, 9.17) is 0 Å². The zero-order chi connectivity index (χ0) is 22.2. The molecule has 9 heteroatoms. The van der Waals surface area contributed by atoms with Gasteiger partial charge in [0.15, 0.2) is 0 Å². The smallest absolute Gasteiger partial charge is 0.322 e. The Kier molecular flexibility index (Phi) is 5.43. The SMILES string of the molecule is O=C1NC(=O)[C@@](Cc2ccccc2F)(C2CCN(C(=O)c3ccc(F)cc3F)CC2)N1. The van der Waals surface area contributed by atoms with E-state index in [2.05, 4.69) is 10.6 Å². The highest BCUT2D eigenvalue weighted by atomic mass is 19.1. The van der Waals surface area contributed by atoms with Crippen molar-refractivity contribution in [2.75, 3.05) is 13.1 Å². The average molecular weight is 431 g/mol. The minimum absolute atomic E-state index is 0.0253. The highest BCUT2D eigenvalue weighted by Crippen LogP contribution is 2.35. The van der Waals surface area contributed by atoms with Crippen LogP contribution in [0.3, 0.4) is 0 Å². The number of amides is 4. The van der Waals surface area contributed by atoms with Gasteiger partial charge in [-0.15, -0.1) is 0 Å². The van der Waals surface area contributed by atoms with Crippen molar-refractivity contribution in [2.45, 2.75) is 24.8 Å². The van der Waals surface area contributed by atoms with E-state index in [1.54, 1.807) is 12.1 Å². The van der Waals surface area contributed by atoms with Gasteiger partial charge < -0.3 is 10.2 Å². The van der Waals surface area contributed by atoms with Gasteiger partial charge >= 0.3 is 6.03 Å². The predicted octanol–water partition coefficient (Wildman–Crippen LogP) is 2.78. The van der Waals surface area contributed by atoms with E-state index in [0.29, 0.717) is 24.5 Å². The fourth-order valence-electron chi connectivity index (χ4n) is 4.41. The fraction of sp³-hybridized carbons (Fsp3) is 0.318. The number of piperidine rings is 1. The van der Waals surface area contributed by atoms with Crippen LogP contribution >= 0.6 is 0 Å². The number of halogens is 3. The maximum Gasteiger partial charge on any atom is 0.322 e. The second kappa shape index (κ2) is 8.05. The molecule has 0 radical (unpaired) electrons. The van der Waals surface area contributed by atoms with Gasteiger partial charge in [-0.05, 0) is 42.5 Å². The molecular weight excluding hydrogens is 411 g/mol. The first-order valence-corrected chi connectivity index (χ1v) is 9.91. The van der Waals surface area contributed by atoms with Crippen LogP contribution in [0.1, 0.15) is 28.8 Å². The number of urea groups is 1. The Morgan fingerprint density at radius 1 is 1.03 bits per heavy atom. The van der Waals surface area contributed by atoms with E-state index in [1.165, 1.54) is 17.0 Å². The number of benzene rings is 2. The van der Waals surface area contributed by atoms with Crippen LogP contribution in [0.15, 0.2) is 42.5 Å². The summed E-state index contributed by atoms with van der Waals surface area (Å²) in [6, 6.07) is 8.17. The third-order valence-electron chi connectivity index (χ3n) is 6.04. The normalized spacial score (nSPS) is 21.7. The Labute approximate surface area is 176 Å². The van der Waals surface area contributed by atoms with Gasteiger partial charge in [-0.25, -0.2) is 18.0 Å². The minimum atomic E-state index is -1.34. The van der Waals surface area contributed by atoms with Gasteiger partial charge in [-0.1, -0.05) is 18.2 Å². The number of carbonyl (C=O) groups is 3. The zero-order valence-electron chi connectivity index (χ0n) is 16.5. The molecule has 0 unspecified atom stereocenters. The largest absolute Gasteiger partial charge is 0.339 e. The summed E-state index contributed by atoms with van der Waals surface area (Å²) in [5.74, 6) is -3.65. The summed E-state index contributed by atoms with van der Waals surface area (Å²) in [5, 5.41) is 4.92. The minimum Gasteiger partial charge on any atom is -0.339 e. The standard InChI is InChI=1S/C22H20F3N3O3/c23-15-5-6-16(18(25)11-15)19(29)28-9-7-14(8-10-28)22(20(30)26-21(31)27-22)12-13-3-1-2-4-17(13)24/h1-6,11,14H,7-10,12H2,(H2,26,27,30,31)/t22-/m1/s1. The lowest BCUT2D eigenvalue weighted by Crippen LogP contribution is -2.58. The van der Waals surface area contributed by atoms with Crippen molar-refractivity contribution in [3.63, 3.8) is 0 Å². The summed E-state index contributed by atoms with van der Waals surface area (Å²) in [7, 11) is 0. The number of likely N-dealkylation sites (tertiary alicyclic amines) is 1. The summed E-state index contributed by atoms with van der Waals surface area (Å²) >= 11 is 0. The van der Waals surface area contributed by atoms with Gasteiger partial charge in [-0.3, -0.25) is 14.9 Å². The number of carbonyl (C=O) groups excluding carboxylic acids is 3. The van der Waals surface area contributed by atoms with Crippen LogP contribution in [0.5, 0.6) is 0 Å². The number of hydrogen-bond donors (Lipinski definition) is 2. The topological polar surface area (TPSA) is 78.5 Å². The molecule has 0 saturated carbocycles. The number of nitrogens with zero attached hydrogens (tertiary/aromatic N) is 1. The van der Waals surface area contributed by atoms with Crippen molar-refractivity contribution in [1.82, 2.24) is 15.5 Å². The van der Waals surface area contributed by atoms with Gasteiger partial charge in [0.25, 0.3) is 11.8 Å². The van der Waals surface area contributed by atoms with Crippen molar-refractivity contribution in [1.29, 1.82) is 0 Å². The third kappa shape index (κ3) is 3.87. The number of hydrogen-bond acceptors (Lipinski definition) is 3. The van der Waals surface area contributed by atoms with E-state index in [-0.39, 0.29) is 31.0 Å². The molecule has 2 aromatic carbocycles. The first-order valence-electron chi connectivity index (χ1n) is 9.91. The van der Waals surface area contributed by atoms with E-state index in [9.17, 15) is 27.6 Å². The molecule has 0 aromatic heterocycles. The molecule has 4 amide bonds. The Morgan fingerprint density at radius 2 is 1.74 bits per heavy atom. The Bertz CT molecular complexity index is 1050. The lowest BCUT2D eigenvalue weighted by molar-refractivity contribution is -0.126. The Balaban J connectivity index is 1.53. The summed E-state index contributed by atoms with van der Waals surface area (Å²) in [6.07, 6.45) is 0.663. The highest BCUT2D eigenvalue weighted by Gasteiger charge is 2.52. The van der Waals surface area contributed by atoms with Crippen molar-refractivity contribution in [2.24, 2.45) is 5.92 Å². The monoisotopic (exact) mass is 431 g/mol. The van der Waals surface area contributed by atoms with Gasteiger partial charge in [0.05, 0.1) is 5.56 Å². The number of imide groups is 1. The van der Waals surface area contributed by atoms with Crippen molar-refractivity contribution in [3.05, 3.63) is 71.0 Å². The molecule has 6 nitrogen and oxygen atoms in total. The van der Waals surface area contributed by atoms with Crippen LogP contribution in [0.4, 0.5) is 18.0 Å². The molecule has 1 atom stereocenters. The molecule has 4 rings (SSSR count). The second-order valence-corrected chi connectivity index (χ2v) is 7.84. The number of nitrogens with one attached hydrogen (secondary N) is 2. The molecule has 2 fully saturated rings. The van der Waals surface area contributed by atoms with E-state index in [0.717, 1.165) is 12.1 Å². The quantitative estimate of drug-likeness (QED) is 0.731. The molecule has 0 bridgehead atoms. The van der Waals surface area contributed by atoms with Crippen LogP contribution in [0.25, 0.3) is 0 Å². The number of rotatable bonds is 4. The van der Waals surface area contributed by atoms with Crippen molar-refractivity contribution >= 4 is 17.8 Å². The zero-order valence-corrected chi connectivity index (χ0v) is 16.5. The fourth-order valence-corrected chi connectivity index (χ4v) is 4.41. The Morgan fingerprint density at radius 3 is 2.35 bits per heavy atom. The maximum atomic E-state index is 14.3. The first-order chi connectivity index (χ1) is 14.8. The highest BCUT2D eigenvalue weighted by molar-refractivity contribution is 6.07. The van der Waals surface area contributed by atoms with Gasteiger partial charge in [-0.2, -0.15) is 0 Å². The van der Waals surface area contributed by atoms with Crippen molar-refractivity contribution < 1.29 is 27.6 Å². The molecule has 31 heavy (non-hydrogen) atoms. The van der Waals surface area contributed by atoms with Crippen LogP contribution in [0, 0.1) is 23.4 Å². The Hall–Kier alpha value is -3.36. The summed E-state index contributed by atoms with van der Waals surface area (Å²) in [4.78, 5) is 38.8. The van der Waals surface area contributed by atoms with Crippen LogP contribution in [-0.4, -0.2) is 41.4 Å². The average Bonchev–Trinajstić information content (AvgIpc) is 3.03. The summed E-state index contributed by atoms with van der Waals surface area (Å²) < 4.78 is 41.4. The van der Waals surface area contributed by atoms with Gasteiger partial charge in [0.1, 0.15) is 23.0 Å². The molecule has 2 N–H and O–H groups in total. The molecule has 2 saturated heterocycles. The molecule has 2 aromatic rings. The van der Waals surface area contributed by atoms with E-state index < -0.39 is 40.8 Å². The predicted molar refractivity (Wildman–Crippen MR) is 104 cm³/mol. The maximum absolute atomic E-state index is 14.3. The lowest BCUT2D eigenvalue weighted by Gasteiger charge is -2.40. The summed E-state index contributed by atoms with van der Waals surface area (Å²) in [6.45, 7) is 0.422. The van der Waals surface area contributed by atoms with Gasteiger partial charge in [0.2, 0.25) is 0 Å². The van der Waals surface area contributed by atoms with Crippen LogP contribution in [-0.2, 0) is 11.2 Å². The molecule has 0 aliphatic carbocycles. The van der Waals surface area contributed by atoms with Gasteiger partial charge in [0, 0.05) is 25.6 Å².